The quantitative estimate of drug-likeness (QED) is 0.926. The van der Waals surface area contributed by atoms with Crippen molar-refractivity contribution in [1.82, 2.24) is 9.80 Å². The molecular weight excluding hydrogens is 324 g/mol. The Labute approximate surface area is 145 Å². The van der Waals surface area contributed by atoms with Crippen LogP contribution in [0.1, 0.15) is 39.2 Å². The molecule has 2 heterocycles. The molecule has 0 spiro atoms. The van der Waals surface area contributed by atoms with E-state index in [0.29, 0.717) is 24.7 Å². The van der Waals surface area contributed by atoms with Gasteiger partial charge >= 0.3 is 5.97 Å². The second kappa shape index (κ2) is 7.15. The Kier molecular flexibility index (Phi) is 4.97. The maximum atomic E-state index is 12.5. The monoisotopic (exact) mass is 344 g/mol. The Morgan fingerprint density at radius 1 is 1.04 bits per heavy atom. The van der Waals surface area contributed by atoms with Gasteiger partial charge in [-0.15, -0.1) is 0 Å². The van der Waals surface area contributed by atoms with E-state index >= 15 is 0 Å². The van der Waals surface area contributed by atoms with Crippen molar-refractivity contribution in [3.8, 4) is 0 Å². The first-order valence-electron chi connectivity index (χ1n) is 7.95. The second-order valence-corrected chi connectivity index (χ2v) is 6.72. The van der Waals surface area contributed by atoms with Gasteiger partial charge in [0.05, 0.1) is 5.56 Å². The van der Waals surface area contributed by atoms with Gasteiger partial charge in [-0.05, 0) is 53.6 Å². The molecule has 1 aromatic heterocycles. The van der Waals surface area contributed by atoms with Gasteiger partial charge in [-0.3, -0.25) is 9.69 Å². The van der Waals surface area contributed by atoms with Gasteiger partial charge in [0, 0.05) is 37.8 Å². The first kappa shape index (κ1) is 16.7. The van der Waals surface area contributed by atoms with Gasteiger partial charge < -0.3 is 10.0 Å². The fourth-order valence-corrected chi connectivity index (χ4v) is 3.72. The predicted molar refractivity (Wildman–Crippen MR) is 93.6 cm³/mol. The smallest absolute Gasteiger partial charge is 0.335 e. The highest BCUT2D eigenvalue weighted by Crippen LogP contribution is 2.24. The second-order valence-electron chi connectivity index (χ2n) is 5.94. The number of carboxylic acid groups (broad SMARTS) is 1. The van der Waals surface area contributed by atoms with Crippen LogP contribution in [0.25, 0.3) is 0 Å². The summed E-state index contributed by atoms with van der Waals surface area (Å²) in [5, 5.41) is 13.2. The summed E-state index contributed by atoms with van der Waals surface area (Å²) < 4.78 is 0. The molecular formula is C18H20N2O3S. The number of benzene rings is 1. The molecule has 0 radical (unpaired) electrons. The average molecular weight is 344 g/mol. The fourth-order valence-electron chi connectivity index (χ4n) is 2.97. The van der Waals surface area contributed by atoms with Crippen LogP contribution in [-0.4, -0.2) is 53.0 Å². The summed E-state index contributed by atoms with van der Waals surface area (Å²) in [4.78, 5) is 27.7. The average Bonchev–Trinajstić information content (AvgIpc) is 3.15. The number of thiophene rings is 1. The molecule has 1 aliphatic heterocycles. The van der Waals surface area contributed by atoms with Crippen molar-refractivity contribution in [2.75, 3.05) is 26.2 Å². The van der Waals surface area contributed by atoms with E-state index in [1.165, 1.54) is 17.7 Å². The minimum Gasteiger partial charge on any atom is -0.478 e. The van der Waals surface area contributed by atoms with Crippen molar-refractivity contribution in [1.29, 1.82) is 0 Å². The molecule has 5 nitrogen and oxygen atoms in total. The summed E-state index contributed by atoms with van der Waals surface area (Å²) in [6.07, 6.45) is 0. The predicted octanol–water partition coefficient (Wildman–Crippen LogP) is 2.97. The molecule has 2 aromatic rings. The van der Waals surface area contributed by atoms with Crippen LogP contribution in [0, 0.1) is 0 Å². The molecule has 1 N–H and O–H groups in total. The topological polar surface area (TPSA) is 60.9 Å². The lowest BCUT2D eigenvalue weighted by Gasteiger charge is -2.38. The Balaban J connectivity index is 1.59. The molecule has 1 saturated heterocycles. The van der Waals surface area contributed by atoms with E-state index in [0.717, 1.165) is 13.1 Å². The number of amides is 1. The third-order valence-corrected chi connectivity index (χ3v) is 5.26. The van der Waals surface area contributed by atoms with Crippen molar-refractivity contribution in [3.05, 3.63) is 57.8 Å². The number of piperazine rings is 1. The molecule has 1 atom stereocenters. The maximum Gasteiger partial charge on any atom is 0.335 e. The van der Waals surface area contributed by atoms with Crippen LogP contribution in [0.15, 0.2) is 41.1 Å². The molecule has 1 unspecified atom stereocenters. The van der Waals surface area contributed by atoms with E-state index in [4.69, 9.17) is 5.11 Å². The highest BCUT2D eigenvalue weighted by Gasteiger charge is 2.25. The number of carbonyl (C=O) groups is 2. The summed E-state index contributed by atoms with van der Waals surface area (Å²) in [6, 6.07) is 8.65. The number of rotatable bonds is 4. The van der Waals surface area contributed by atoms with Crippen molar-refractivity contribution >= 4 is 23.2 Å². The Morgan fingerprint density at radius 3 is 2.21 bits per heavy atom. The van der Waals surface area contributed by atoms with E-state index in [2.05, 4.69) is 28.7 Å². The zero-order valence-electron chi connectivity index (χ0n) is 13.5. The molecule has 1 fully saturated rings. The van der Waals surface area contributed by atoms with Crippen LogP contribution in [0.2, 0.25) is 0 Å². The first-order valence-corrected chi connectivity index (χ1v) is 8.89. The summed E-state index contributed by atoms with van der Waals surface area (Å²) in [5.41, 5.74) is 2.06. The summed E-state index contributed by atoms with van der Waals surface area (Å²) in [5.74, 6) is -1.01. The molecule has 0 aliphatic carbocycles. The normalized spacial score (nSPS) is 16.8. The van der Waals surface area contributed by atoms with Gasteiger partial charge in [0.25, 0.3) is 5.91 Å². The molecule has 3 rings (SSSR count). The SMILES string of the molecule is CC(c1ccsc1)N1CCN(C(=O)c2ccc(C(=O)O)cc2)CC1. The summed E-state index contributed by atoms with van der Waals surface area (Å²) >= 11 is 1.70. The molecule has 24 heavy (non-hydrogen) atoms. The minimum absolute atomic E-state index is 0.0326. The summed E-state index contributed by atoms with van der Waals surface area (Å²) in [6.45, 7) is 5.26. The van der Waals surface area contributed by atoms with Gasteiger partial charge in [-0.2, -0.15) is 11.3 Å². The van der Waals surface area contributed by atoms with E-state index < -0.39 is 5.97 Å². The molecule has 6 heteroatoms. The molecule has 0 bridgehead atoms. The number of carbonyl (C=O) groups excluding carboxylic acids is 1. The van der Waals surface area contributed by atoms with Crippen molar-refractivity contribution in [2.24, 2.45) is 0 Å². The van der Waals surface area contributed by atoms with Crippen molar-refractivity contribution < 1.29 is 14.7 Å². The van der Waals surface area contributed by atoms with Crippen molar-refractivity contribution in [3.63, 3.8) is 0 Å². The number of hydrogen-bond acceptors (Lipinski definition) is 4. The Bertz CT molecular complexity index is 704. The van der Waals surface area contributed by atoms with Crippen LogP contribution in [0.5, 0.6) is 0 Å². The fraction of sp³-hybridized carbons (Fsp3) is 0.333. The van der Waals surface area contributed by atoms with Crippen LogP contribution < -0.4 is 0 Å². The third-order valence-electron chi connectivity index (χ3n) is 4.55. The van der Waals surface area contributed by atoms with Gasteiger partial charge in [0.15, 0.2) is 0 Å². The molecule has 0 saturated carbocycles. The number of aromatic carboxylic acids is 1. The first-order chi connectivity index (χ1) is 11.6. The van der Waals surface area contributed by atoms with Gasteiger partial charge in [0.1, 0.15) is 0 Å². The Hall–Kier alpha value is -2.18. The molecule has 1 amide bonds. The summed E-state index contributed by atoms with van der Waals surface area (Å²) in [7, 11) is 0. The third kappa shape index (κ3) is 3.49. The minimum atomic E-state index is -0.981. The highest BCUT2D eigenvalue weighted by atomic mass is 32.1. The molecule has 126 valence electrons. The lowest BCUT2D eigenvalue weighted by molar-refractivity contribution is 0.0581. The highest BCUT2D eigenvalue weighted by molar-refractivity contribution is 7.07. The van der Waals surface area contributed by atoms with E-state index in [-0.39, 0.29) is 11.5 Å². The largest absolute Gasteiger partial charge is 0.478 e. The van der Waals surface area contributed by atoms with E-state index in [1.54, 1.807) is 23.5 Å². The van der Waals surface area contributed by atoms with Crippen LogP contribution in [0.4, 0.5) is 0 Å². The van der Waals surface area contributed by atoms with Crippen LogP contribution in [-0.2, 0) is 0 Å². The lowest BCUT2D eigenvalue weighted by Crippen LogP contribution is -2.49. The number of nitrogens with zero attached hydrogens (tertiary/aromatic N) is 2. The Morgan fingerprint density at radius 2 is 1.67 bits per heavy atom. The number of carboxylic acids is 1. The van der Waals surface area contributed by atoms with Crippen molar-refractivity contribution in [2.45, 2.75) is 13.0 Å². The van der Waals surface area contributed by atoms with Gasteiger partial charge in [-0.25, -0.2) is 4.79 Å². The number of hydrogen-bond donors (Lipinski definition) is 1. The molecule has 1 aliphatic rings. The lowest BCUT2D eigenvalue weighted by atomic mass is 10.1. The standard InChI is InChI=1S/C18H20N2O3S/c1-13(16-6-11-24-12-16)19-7-9-20(10-8-19)17(21)14-2-4-15(5-3-14)18(22)23/h2-6,11-13H,7-10H2,1H3,(H,22,23). The van der Waals surface area contributed by atoms with E-state index in [9.17, 15) is 9.59 Å². The van der Waals surface area contributed by atoms with Crippen LogP contribution >= 0.6 is 11.3 Å². The maximum absolute atomic E-state index is 12.5. The van der Waals surface area contributed by atoms with E-state index in [1.807, 2.05) is 4.90 Å². The van der Waals surface area contributed by atoms with Gasteiger partial charge in [0.2, 0.25) is 0 Å². The van der Waals surface area contributed by atoms with Gasteiger partial charge in [-0.1, -0.05) is 0 Å². The zero-order chi connectivity index (χ0) is 17.1. The zero-order valence-corrected chi connectivity index (χ0v) is 14.3. The van der Waals surface area contributed by atoms with Crippen LogP contribution in [0.3, 0.4) is 0 Å². The molecule has 1 aromatic carbocycles.